The van der Waals surface area contributed by atoms with Crippen molar-refractivity contribution in [2.75, 3.05) is 0 Å². The lowest BCUT2D eigenvalue weighted by Gasteiger charge is -2.23. The lowest BCUT2D eigenvalue weighted by atomic mass is 9.96. The van der Waals surface area contributed by atoms with E-state index in [0.717, 1.165) is 29.5 Å². The Kier molecular flexibility index (Phi) is 5.61. The summed E-state index contributed by atoms with van der Waals surface area (Å²) in [7, 11) is 0. The molecular formula is C22H26F2O2. The zero-order chi connectivity index (χ0) is 18.7. The summed E-state index contributed by atoms with van der Waals surface area (Å²) in [5.41, 5.74) is 1.56. The molecular weight excluding hydrogens is 334 g/mol. The van der Waals surface area contributed by atoms with E-state index < -0.39 is 18.1 Å². The van der Waals surface area contributed by atoms with Gasteiger partial charge < -0.3 is 9.47 Å². The van der Waals surface area contributed by atoms with Gasteiger partial charge in [-0.1, -0.05) is 31.5 Å². The van der Waals surface area contributed by atoms with Crippen molar-refractivity contribution in [2.45, 2.75) is 64.5 Å². The molecule has 0 spiro atoms. The van der Waals surface area contributed by atoms with Crippen LogP contribution in [0, 0.1) is 5.82 Å². The third-order valence-electron chi connectivity index (χ3n) is 4.75. The van der Waals surface area contributed by atoms with Crippen molar-refractivity contribution in [2.24, 2.45) is 0 Å². The van der Waals surface area contributed by atoms with E-state index in [1.165, 1.54) is 26.0 Å². The molecule has 2 aromatic rings. The SMILES string of the molecule is CCCc1ccc(OC2CCC(C(C)(C)F)O2)cc1-c1cccc(F)c1. The van der Waals surface area contributed by atoms with Crippen molar-refractivity contribution < 1.29 is 18.3 Å². The summed E-state index contributed by atoms with van der Waals surface area (Å²) >= 11 is 0. The minimum absolute atomic E-state index is 0.261. The smallest absolute Gasteiger partial charge is 0.200 e. The van der Waals surface area contributed by atoms with Crippen LogP contribution in [-0.4, -0.2) is 18.1 Å². The maximum Gasteiger partial charge on any atom is 0.200 e. The standard InChI is InChI=1S/C22H26F2O2/c1-4-6-15-9-10-18(14-19(15)16-7-5-8-17(23)13-16)25-21-12-11-20(26-21)22(2,3)24/h5,7-10,13-14,20-21H,4,6,11-12H2,1-3H3. The van der Waals surface area contributed by atoms with E-state index >= 15 is 0 Å². The molecule has 0 amide bonds. The highest BCUT2D eigenvalue weighted by molar-refractivity contribution is 5.69. The van der Waals surface area contributed by atoms with E-state index in [-0.39, 0.29) is 5.82 Å². The van der Waals surface area contributed by atoms with E-state index in [9.17, 15) is 8.78 Å². The molecule has 2 atom stereocenters. The molecule has 1 aliphatic heterocycles. The Bertz CT molecular complexity index is 752. The monoisotopic (exact) mass is 360 g/mol. The third-order valence-corrected chi connectivity index (χ3v) is 4.75. The van der Waals surface area contributed by atoms with E-state index in [0.29, 0.717) is 18.6 Å². The van der Waals surface area contributed by atoms with E-state index in [4.69, 9.17) is 9.47 Å². The van der Waals surface area contributed by atoms with Gasteiger partial charge >= 0.3 is 0 Å². The Morgan fingerprint density at radius 2 is 1.96 bits per heavy atom. The van der Waals surface area contributed by atoms with Crippen molar-refractivity contribution in [1.29, 1.82) is 0 Å². The molecule has 140 valence electrons. The molecule has 2 unspecified atom stereocenters. The number of halogens is 2. The van der Waals surface area contributed by atoms with Crippen molar-refractivity contribution >= 4 is 0 Å². The first-order valence-electron chi connectivity index (χ1n) is 9.26. The number of rotatable bonds is 6. The fourth-order valence-corrected chi connectivity index (χ4v) is 3.39. The minimum Gasteiger partial charge on any atom is -0.465 e. The molecule has 0 bridgehead atoms. The molecule has 0 radical (unpaired) electrons. The van der Waals surface area contributed by atoms with Gasteiger partial charge in [-0.2, -0.15) is 0 Å². The first kappa shape index (κ1) is 18.8. The molecule has 0 aromatic heterocycles. The normalized spacial score (nSPS) is 20.3. The molecule has 1 heterocycles. The highest BCUT2D eigenvalue weighted by Crippen LogP contribution is 2.34. The highest BCUT2D eigenvalue weighted by atomic mass is 19.1. The fourth-order valence-electron chi connectivity index (χ4n) is 3.39. The van der Waals surface area contributed by atoms with Crippen LogP contribution >= 0.6 is 0 Å². The van der Waals surface area contributed by atoms with Gasteiger partial charge in [0.1, 0.15) is 17.2 Å². The molecule has 2 aromatic carbocycles. The zero-order valence-corrected chi connectivity index (χ0v) is 15.6. The van der Waals surface area contributed by atoms with Gasteiger partial charge in [0.05, 0.1) is 6.10 Å². The number of hydrogen-bond donors (Lipinski definition) is 0. The molecule has 4 heteroatoms. The van der Waals surface area contributed by atoms with Crippen molar-refractivity contribution in [3.8, 4) is 16.9 Å². The fraction of sp³-hybridized carbons (Fsp3) is 0.455. The van der Waals surface area contributed by atoms with Crippen molar-refractivity contribution in [3.05, 3.63) is 53.8 Å². The van der Waals surface area contributed by atoms with Crippen LogP contribution in [0.2, 0.25) is 0 Å². The van der Waals surface area contributed by atoms with Gasteiger partial charge in [0.25, 0.3) is 0 Å². The lowest BCUT2D eigenvalue weighted by molar-refractivity contribution is -0.112. The molecule has 1 aliphatic rings. The number of ether oxygens (including phenoxy) is 2. The highest BCUT2D eigenvalue weighted by Gasteiger charge is 2.38. The summed E-state index contributed by atoms with van der Waals surface area (Å²) in [6, 6.07) is 12.4. The molecule has 0 N–H and O–H groups in total. The summed E-state index contributed by atoms with van der Waals surface area (Å²) in [5, 5.41) is 0. The Morgan fingerprint density at radius 3 is 2.62 bits per heavy atom. The Balaban J connectivity index is 1.82. The number of aryl methyl sites for hydroxylation is 1. The van der Waals surface area contributed by atoms with Crippen LogP contribution in [0.25, 0.3) is 11.1 Å². The molecule has 1 saturated heterocycles. The van der Waals surface area contributed by atoms with Gasteiger partial charge in [-0.3, -0.25) is 0 Å². The van der Waals surface area contributed by atoms with Gasteiger partial charge in [0.15, 0.2) is 6.29 Å². The molecule has 1 fully saturated rings. The average Bonchev–Trinajstić information content (AvgIpc) is 3.05. The topological polar surface area (TPSA) is 18.5 Å². The lowest BCUT2D eigenvalue weighted by Crippen LogP contribution is -2.32. The van der Waals surface area contributed by atoms with Crippen LogP contribution in [0.5, 0.6) is 5.75 Å². The van der Waals surface area contributed by atoms with Crippen molar-refractivity contribution in [3.63, 3.8) is 0 Å². The summed E-state index contributed by atoms with van der Waals surface area (Å²) in [6.07, 6.45) is 2.30. The summed E-state index contributed by atoms with van der Waals surface area (Å²) < 4.78 is 39.4. The Morgan fingerprint density at radius 1 is 1.15 bits per heavy atom. The Hall–Kier alpha value is -1.94. The molecule has 0 saturated carbocycles. The van der Waals surface area contributed by atoms with Crippen LogP contribution in [-0.2, 0) is 11.2 Å². The van der Waals surface area contributed by atoms with Gasteiger partial charge in [-0.25, -0.2) is 8.78 Å². The Labute approximate surface area is 154 Å². The van der Waals surface area contributed by atoms with Crippen molar-refractivity contribution in [1.82, 2.24) is 0 Å². The second-order valence-corrected chi connectivity index (χ2v) is 7.39. The number of benzene rings is 2. The second-order valence-electron chi connectivity index (χ2n) is 7.39. The summed E-state index contributed by atoms with van der Waals surface area (Å²) in [6.45, 7) is 5.17. The molecule has 0 aliphatic carbocycles. The summed E-state index contributed by atoms with van der Waals surface area (Å²) in [5.74, 6) is 0.398. The maximum atomic E-state index is 14.1. The first-order valence-corrected chi connectivity index (χ1v) is 9.26. The van der Waals surface area contributed by atoms with Gasteiger partial charge in [0.2, 0.25) is 0 Å². The average molecular weight is 360 g/mol. The van der Waals surface area contributed by atoms with Crippen LogP contribution in [0.1, 0.15) is 45.6 Å². The maximum absolute atomic E-state index is 14.1. The second kappa shape index (κ2) is 7.75. The van der Waals surface area contributed by atoms with Gasteiger partial charge in [-0.15, -0.1) is 0 Å². The van der Waals surface area contributed by atoms with Crippen LogP contribution in [0.3, 0.4) is 0 Å². The molecule has 3 rings (SSSR count). The van der Waals surface area contributed by atoms with Gasteiger partial charge in [0, 0.05) is 6.42 Å². The molecule has 26 heavy (non-hydrogen) atoms. The van der Waals surface area contributed by atoms with Gasteiger partial charge in [-0.05, 0) is 67.6 Å². The third kappa shape index (κ3) is 4.42. The predicted octanol–water partition coefficient (Wildman–Crippen LogP) is 6.08. The number of alkyl halides is 1. The predicted molar refractivity (Wildman–Crippen MR) is 99.5 cm³/mol. The van der Waals surface area contributed by atoms with E-state index in [1.807, 2.05) is 24.3 Å². The summed E-state index contributed by atoms with van der Waals surface area (Å²) in [4.78, 5) is 0. The van der Waals surface area contributed by atoms with E-state index in [2.05, 4.69) is 6.92 Å². The minimum atomic E-state index is -1.38. The number of hydrogen-bond acceptors (Lipinski definition) is 2. The van der Waals surface area contributed by atoms with Crippen LogP contribution < -0.4 is 4.74 Å². The zero-order valence-electron chi connectivity index (χ0n) is 15.6. The van der Waals surface area contributed by atoms with E-state index in [1.54, 1.807) is 6.07 Å². The molecule has 2 nitrogen and oxygen atoms in total. The van der Waals surface area contributed by atoms with Crippen LogP contribution in [0.4, 0.5) is 8.78 Å². The largest absolute Gasteiger partial charge is 0.465 e. The quantitative estimate of drug-likeness (QED) is 0.622. The first-order chi connectivity index (χ1) is 12.4. The van der Waals surface area contributed by atoms with Crippen LogP contribution in [0.15, 0.2) is 42.5 Å².